The molecule has 2 aromatic heterocycles. The highest BCUT2D eigenvalue weighted by molar-refractivity contribution is 6.33. The largest absolute Gasteiger partial charge is 0.312 e. The highest BCUT2D eigenvalue weighted by Gasteiger charge is 2.20. The van der Waals surface area contributed by atoms with E-state index in [9.17, 15) is 0 Å². The lowest BCUT2D eigenvalue weighted by atomic mass is 10.2. The molecule has 0 spiro atoms. The van der Waals surface area contributed by atoms with Crippen molar-refractivity contribution in [3.8, 4) is 0 Å². The van der Waals surface area contributed by atoms with Crippen molar-refractivity contribution >= 4 is 22.8 Å². The van der Waals surface area contributed by atoms with E-state index < -0.39 is 0 Å². The van der Waals surface area contributed by atoms with Gasteiger partial charge in [0.1, 0.15) is 11.8 Å². The number of fused-ring (bicyclic) bond motifs is 1. The lowest BCUT2D eigenvalue weighted by Crippen LogP contribution is -2.03. The molecule has 3 rings (SSSR count). The van der Waals surface area contributed by atoms with Gasteiger partial charge in [-0.05, 0) is 12.8 Å². The van der Waals surface area contributed by atoms with Crippen LogP contribution >= 0.6 is 11.6 Å². The minimum absolute atomic E-state index is 0.441. The normalized spacial score (nSPS) is 17.7. The zero-order chi connectivity index (χ0) is 10.3. The van der Waals surface area contributed by atoms with Crippen molar-refractivity contribution in [1.29, 1.82) is 0 Å². The molecule has 0 amide bonds. The van der Waals surface area contributed by atoms with E-state index in [2.05, 4.69) is 19.5 Å². The van der Waals surface area contributed by atoms with Crippen LogP contribution < -0.4 is 0 Å². The van der Waals surface area contributed by atoms with E-state index in [4.69, 9.17) is 11.6 Å². The van der Waals surface area contributed by atoms with Crippen molar-refractivity contribution in [2.24, 2.45) is 0 Å². The SMILES string of the molecule is Clc1ncnc2c1ncn2C1CCCC1. The molecule has 2 heterocycles. The van der Waals surface area contributed by atoms with E-state index in [1.54, 1.807) is 0 Å². The predicted octanol–water partition coefficient (Wildman–Crippen LogP) is 2.59. The summed E-state index contributed by atoms with van der Waals surface area (Å²) >= 11 is 5.95. The maximum absolute atomic E-state index is 5.95. The first-order chi connectivity index (χ1) is 7.36. The Kier molecular flexibility index (Phi) is 2.09. The molecule has 0 aromatic carbocycles. The van der Waals surface area contributed by atoms with E-state index in [0.717, 1.165) is 5.65 Å². The van der Waals surface area contributed by atoms with Crippen molar-refractivity contribution in [3.05, 3.63) is 17.8 Å². The molecule has 0 unspecified atom stereocenters. The zero-order valence-electron chi connectivity index (χ0n) is 8.23. The third-order valence-electron chi connectivity index (χ3n) is 3.03. The molecule has 78 valence electrons. The van der Waals surface area contributed by atoms with Gasteiger partial charge in [0.15, 0.2) is 10.8 Å². The monoisotopic (exact) mass is 222 g/mol. The number of halogens is 1. The second kappa shape index (κ2) is 3.45. The summed E-state index contributed by atoms with van der Waals surface area (Å²) in [5.74, 6) is 0. The molecule has 1 aliphatic rings. The molecule has 4 nitrogen and oxygen atoms in total. The number of imidazole rings is 1. The molecule has 0 saturated heterocycles. The first-order valence-electron chi connectivity index (χ1n) is 5.19. The lowest BCUT2D eigenvalue weighted by molar-refractivity contribution is 0.529. The lowest BCUT2D eigenvalue weighted by Gasteiger charge is -2.10. The van der Waals surface area contributed by atoms with Gasteiger partial charge in [-0.2, -0.15) is 0 Å². The Morgan fingerprint density at radius 2 is 2.00 bits per heavy atom. The van der Waals surface area contributed by atoms with Crippen LogP contribution in [0.3, 0.4) is 0 Å². The molecule has 0 atom stereocenters. The van der Waals surface area contributed by atoms with Gasteiger partial charge in [0.25, 0.3) is 0 Å². The molecule has 0 aliphatic heterocycles. The van der Waals surface area contributed by atoms with Gasteiger partial charge in [-0.25, -0.2) is 15.0 Å². The van der Waals surface area contributed by atoms with E-state index in [1.807, 2.05) is 6.33 Å². The summed E-state index contributed by atoms with van der Waals surface area (Å²) in [6, 6.07) is 0.543. The smallest absolute Gasteiger partial charge is 0.165 e. The van der Waals surface area contributed by atoms with Gasteiger partial charge in [-0.3, -0.25) is 0 Å². The maximum atomic E-state index is 5.95. The Morgan fingerprint density at radius 1 is 1.20 bits per heavy atom. The van der Waals surface area contributed by atoms with Crippen LogP contribution in [-0.2, 0) is 0 Å². The van der Waals surface area contributed by atoms with E-state index in [1.165, 1.54) is 32.0 Å². The van der Waals surface area contributed by atoms with Gasteiger partial charge >= 0.3 is 0 Å². The van der Waals surface area contributed by atoms with Crippen molar-refractivity contribution in [3.63, 3.8) is 0 Å². The van der Waals surface area contributed by atoms with Crippen LogP contribution in [0.4, 0.5) is 0 Å². The molecular formula is C10H11ClN4. The third kappa shape index (κ3) is 1.40. The number of nitrogens with zero attached hydrogens (tertiary/aromatic N) is 4. The average Bonchev–Trinajstić information content (AvgIpc) is 2.85. The highest BCUT2D eigenvalue weighted by atomic mass is 35.5. The summed E-state index contributed by atoms with van der Waals surface area (Å²) in [5.41, 5.74) is 1.58. The molecule has 15 heavy (non-hydrogen) atoms. The maximum Gasteiger partial charge on any atom is 0.165 e. The fourth-order valence-electron chi connectivity index (χ4n) is 2.27. The van der Waals surface area contributed by atoms with Gasteiger partial charge in [0, 0.05) is 6.04 Å². The summed E-state index contributed by atoms with van der Waals surface area (Å²) in [7, 11) is 0. The first kappa shape index (κ1) is 9.09. The number of hydrogen-bond acceptors (Lipinski definition) is 3. The third-order valence-corrected chi connectivity index (χ3v) is 3.31. The van der Waals surface area contributed by atoms with Gasteiger partial charge in [-0.15, -0.1) is 0 Å². The second-order valence-electron chi connectivity index (χ2n) is 3.93. The van der Waals surface area contributed by atoms with Crippen LogP contribution in [0.5, 0.6) is 0 Å². The minimum atomic E-state index is 0.441. The Labute approximate surface area is 92.3 Å². The molecular weight excluding hydrogens is 212 g/mol. The predicted molar refractivity (Wildman–Crippen MR) is 57.8 cm³/mol. The summed E-state index contributed by atoms with van der Waals surface area (Å²) in [6.45, 7) is 0. The fraction of sp³-hybridized carbons (Fsp3) is 0.500. The van der Waals surface area contributed by atoms with E-state index >= 15 is 0 Å². The van der Waals surface area contributed by atoms with E-state index in [-0.39, 0.29) is 0 Å². The fourth-order valence-corrected chi connectivity index (χ4v) is 2.45. The van der Waals surface area contributed by atoms with Gasteiger partial charge in [0.2, 0.25) is 0 Å². The summed E-state index contributed by atoms with van der Waals surface area (Å²) < 4.78 is 2.13. The number of rotatable bonds is 1. The molecule has 2 aromatic rings. The van der Waals surface area contributed by atoms with Crippen LogP contribution in [0.1, 0.15) is 31.7 Å². The molecule has 0 bridgehead atoms. The van der Waals surface area contributed by atoms with Crippen LogP contribution in [0, 0.1) is 0 Å². The quantitative estimate of drug-likeness (QED) is 0.697. The number of aromatic nitrogens is 4. The highest BCUT2D eigenvalue weighted by Crippen LogP contribution is 2.32. The summed E-state index contributed by atoms with van der Waals surface area (Å²) in [5, 5.41) is 0.441. The standard InChI is InChI=1S/C10H11ClN4/c11-9-8-10(13-5-12-9)15(6-14-8)7-3-1-2-4-7/h5-7H,1-4H2. The van der Waals surface area contributed by atoms with Crippen LogP contribution in [0.15, 0.2) is 12.7 Å². The van der Waals surface area contributed by atoms with Crippen molar-refractivity contribution in [1.82, 2.24) is 19.5 Å². The van der Waals surface area contributed by atoms with E-state index in [0.29, 0.717) is 16.7 Å². The molecule has 5 heteroatoms. The van der Waals surface area contributed by atoms with Crippen LogP contribution in [0.25, 0.3) is 11.2 Å². The summed E-state index contributed by atoms with van der Waals surface area (Å²) in [6.07, 6.45) is 8.35. The number of hydrogen-bond donors (Lipinski definition) is 0. The molecule has 1 saturated carbocycles. The molecule has 0 N–H and O–H groups in total. The zero-order valence-corrected chi connectivity index (χ0v) is 8.98. The second-order valence-corrected chi connectivity index (χ2v) is 4.28. The molecule has 1 fully saturated rings. The van der Waals surface area contributed by atoms with Crippen molar-refractivity contribution in [2.75, 3.05) is 0 Å². The Morgan fingerprint density at radius 3 is 2.80 bits per heavy atom. The Bertz CT molecular complexity index is 487. The van der Waals surface area contributed by atoms with Gasteiger partial charge < -0.3 is 4.57 Å². The minimum Gasteiger partial charge on any atom is -0.312 e. The summed E-state index contributed by atoms with van der Waals surface area (Å²) in [4.78, 5) is 12.4. The van der Waals surface area contributed by atoms with Gasteiger partial charge in [0.05, 0.1) is 6.33 Å². The van der Waals surface area contributed by atoms with Crippen LogP contribution in [-0.4, -0.2) is 19.5 Å². The Hall–Kier alpha value is -1.16. The van der Waals surface area contributed by atoms with Crippen molar-refractivity contribution in [2.45, 2.75) is 31.7 Å². The topological polar surface area (TPSA) is 43.6 Å². The Balaban J connectivity index is 2.15. The van der Waals surface area contributed by atoms with Crippen molar-refractivity contribution < 1.29 is 0 Å². The van der Waals surface area contributed by atoms with Crippen LogP contribution in [0.2, 0.25) is 5.15 Å². The van der Waals surface area contributed by atoms with Gasteiger partial charge in [-0.1, -0.05) is 24.4 Å². The first-order valence-corrected chi connectivity index (χ1v) is 5.57. The average molecular weight is 223 g/mol. The molecule has 1 aliphatic carbocycles. The molecule has 0 radical (unpaired) electrons.